The predicted molar refractivity (Wildman–Crippen MR) is 73.4 cm³/mol. The second-order valence-corrected chi connectivity index (χ2v) is 6.00. The van der Waals surface area contributed by atoms with E-state index in [0.717, 1.165) is 29.5 Å². The van der Waals surface area contributed by atoms with E-state index in [1.807, 2.05) is 31.2 Å². The summed E-state index contributed by atoms with van der Waals surface area (Å²) >= 11 is 0. The number of hydrogen-bond acceptors (Lipinski definition) is 1. The Hall–Kier alpha value is -1.31. The topological polar surface area (TPSA) is 29.1 Å². The van der Waals surface area contributed by atoms with E-state index in [1.54, 1.807) is 0 Å². The molecule has 2 heteroatoms. The number of aryl methyl sites for hydroxylation is 1. The van der Waals surface area contributed by atoms with Crippen molar-refractivity contribution in [3.8, 4) is 0 Å². The highest BCUT2D eigenvalue weighted by atomic mass is 16.1. The van der Waals surface area contributed by atoms with Crippen molar-refractivity contribution in [2.75, 3.05) is 5.32 Å². The zero-order valence-corrected chi connectivity index (χ0v) is 11.0. The third-order valence-electron chi connectivity index (χ3n) is 4.75. The molecule has 1 amide bonds. The smallest absolute Gasteiger partial charge is 0.224 e. The fraction of sp³-hybridized carbons (Fsp3) is 0.562. The van der Waals surface area contributed by atoms with Crippen LogP contribution >= 0.6 is 0 Å². The maximum absolute atomic E-state index is 12.1. The number of rotatable bonds is 3. The van der Waals surface area contributed by atoms with Crippen molar-refractivity contribution in [3.63, 3.8) is 0 Å². The van der Waals surface area contributed by atoms with Gasteiger partial charge in [-0.3, -0.25) is 4.79 Å². The van der Waals surface area contributed by atoms with Gasteiger partial charge in [0, 0.05) is 12.1 Å². The molecule has 2 nitrogen and oxygen atoms in total. The molecule has 1 aromatic carbocycles. The Morgan fingerprint density at radius 3 is 2.78 bits per heavy atom. The molecule has 0 unspecified atom stereocenters. The maximum atomic E-state index is 12.1. The van der Waals surface area contributed by atoms with Crippen LogP contribution in [0.2, 0.25) is 0 Å². The van der Waals surface area contributed by atoms with E-state index < -0.39 is 0 Å². The number of para-hydroxylation sites is 1. The largest absolute Gasteiger partial charge is 0.326 e. The number of carbonyl (C=O) groups excluding carboxylic acids is 1. The van der Waals surface area contributed by atoms with E-state index in [-0.39, 0.29) is 5.91 Å². The molecule has 0 radical (unpaired) electrons. The Kier molecular flexibility index (Phi) is 3.11. The molecule has 18 heavy (non-hydrogen) atoms. The maximum Gasteiger partial charge on any atom is 0.224 e. The Labute approximate surface area is 109 Å². The summed E-state index contributed by atoms with van der Waals surface area (Å²) in [4.78, 5) is 12.1. The zero-order chi connectivity index (χ0) is 12.5. The van der Waals surface area contributed by atoms with Crippen molar-refractivity contribution in [1.29, 1.82) is 0 Å². The highest BCUT2D eigenvalue weighted by molar-refractivity contribution is 5.91. The number of carbonyl (C=O) groups is 1. The summed E-state index contributed by atoms with van der Waals surface area (Å²) in [6.07, 6.45) is 6.14. The number of fused-ring (bicyclic) bond motifs is 2. The standard InChI is InChI=1S/C16H21NO/c1-11-4-2-3-5-15(11)17-16(18)10-14-9-12-6-7-13(14)8-12/h2-5,12-14H,6-10H2,1H3,(H,17,18)/t12-,13-,14-/m1/s1. The molecule has 0 heterocycles. The van der Waals surface area contributed by atoms with E-state index in [9.17, 15) is 4.79 Å². The molecular weight excluding hydrogens is 222 g/mol. The van der Waals surface area contributed by atoms with Crippen LogP contribution in [0.25, 0.3) is 0 Å². The van der Waals surface area contributed by atoms with E-state index in [1.165, 1.54) is 25.7 Å². The Morgan fingerprint density at radius 1 is 1.28 bits per heavy atom. The van der Waals surface area contributed by atoms with Crippen LogP contribution < -0.4 is 5.32 Å². The molecule has 2 bridgehead atoms. The van der Waals surface area contributed by atoms with E-state index in [2.05, 4.69) is 5.32 Å². The van der Waals surface area contributed by atoms with Crippen molar-refractivity contribution in [1.82, 2.24) is 0 Å². The monoisotopic (exact) mass is 243 g/mol. The van der Waals surface area contributed by atoms with Crippen molar-refractivity contribution >= 4 is 11.6 Å². The van der Waals surface area contributed by atoms with Gasteiger partial charge in [-0.1, -0.05) is 24.6 Å². The van der Waals surface area contributed by atoms with Crippen molar-refractivity contribution in [2.24, 2.45) is 17.8 Å². The third kappa shape index (κ3) is 2.29. The van der Waals surface area contributed by atoms with Gasteiger partial charge in [0.1, 0.15) is 0 Å². The third-order valence-corrected chi connectivity index (χ3v) is 4.75. The first kappa shape index (κ1) is 11.8. The quantitative estimate of drug-likeness (QED) is 0.860. The predicted octanol–water partition coefficient (Wildman–Crippen LogP) is 3.76. The lowest BCUT2D eigenvalue weighted by atomic mass is 9.86. The highest BCUT2D eigenvalue weighted by Gasteiger charge is 2.40. The van der Waals surface area contributed by atoms with Gasteiger partial charge in [-0.25, -0.2) is 0 Å². The summed E-state index contributed by atoms with van der Waals surface area (Å²) in [6, 6.07) is 7.99. The van der Waals surface area contributed by atoms with Crippen molar-refractivity contribution < 1.29 is 4.79 Å². The van der Waals surface area contributed by atoms with Crippen LogP contribution in [0.1, 0.15) is 37.7 Å². The molecule has 2 aliphatic rings. The first-order valence-electron chi connectivity index (χ1n) is 7.08. The van der Waals surface area contributed by atoms with Crippen LogP contribution in [0.5, 0.6) is 0 Å². The van der Waals surface area contributed by atoms with Gasteiger partial charge in [-0.05, 0) is 55.6 Å². The average molecular weight is 243 g/mol. The lowest BCUT2D eigenvalue weighted by Gasteiger charge is -2.21. The highest BCUT2D eigenvalue weighted by Crippen LogP contribution is 2.49. The van der Waals surface area contributed by atoms with Crippen molar-refractivity contribution in [3.05, 3.63) is 29.8 Å². The normalized spacial score (nSPS) is 29.5. The van der Waals surface area contributed by atoms with Crippen molar-refractivity contribution in [2.45, 2.75) is 39.0 Å². The van der Waals surface area contributed by atoms with Gasteiger partial charge < -0.3 is 5.32 Å². The van der Waals surface area contributed by atoms with E-state index in [0.29, 0.717) is 5.92 Å². The lowest BCUT2D eigenvalue weighted by molar-refractivity contribution is -0.117. The van der Waals surface area contributed by atoms with Gasteiger partial charge >= 0.3 is 0 Å². The minimum atomic E-state index is 0.196. The van der Waals surface area contributed by atoms with Gasteiger partial charge in [0.2, 0.25) is 5.91 Å². The van der Waals surface area contributed by atoms with E-state index >= 15 is 0 Å². The fourth-order valence-electron chi connectivity index (χ4n) is 3.78. The first-order valence-corrected chi connectivity index (χ1v) is 7.08. The van der Waals surface area contributed by atoms with Crippen LogP contribution in [-0.4, -0.2) is 5.91 Å². The summed E-state index contributed by atoms with van der Waals surface area (Å²) < 4.78 is 0. The zero-order valence-electron chi connectivity index (χ0n) is 11.0. The van der Waals surface area contributed by atoms with E-state index in [4.69, 9.17) is 0 Å². The average Bonchev–Trinajstić information content (AvgIpc) is 2.94. The van der Waals surface area contributed by atoms with Crippen LogP contribution in [0.4, 0.5) is 5.69 Å². The van der Waals surface area contributed by atoms with Crippen LogP contribution in [-0.2, 0) is 4.79 Å². The first-order chi connectivity index (χ1) is 8.72. The van der Waals surface area contributed by atoms with Crippen LogP contribution in [0.15, 0.2) is 24.3 Å². The molecule has 2 saturated carbocycles. The molecule has 96 valence electrons. The second-order valence-electron chi connectivity index (χ2n) is 6.00. The van der Waals surface area contributed by atoms with Gasteiger partial charge in [-0.15, -0.1) is 0 Å². The Balaban J connectivity index is 1.58. The molecule has 1 aromatic rings. The fourth-order valence-corrected chi connectivity index (χ4v) is 3.78. The number of hydrogen-bond donors (Lipinski definition) is 1. The second kappa shape index (κ2) is 4.75. The molecular formula is C16H21NO. The molecule has 3 rings (SSSR count). The summed E-state index contributed by atoms with van der Waals surface area (Å²) in [5, 5.41) is 3.06. The summed E-state index contributed by atoms with van der Waals surface area (Å²) in [7, 11) is 0. The van der Waals surface area contributed by atoms with Gasteiger partial charge in [-0.2, -0.15) is 0 Å². The van der Waals surface area contributed by atoms with Gasteiger partial charge in [0.15, 0.2) is 0 Å². The number of anilines is 1. The minimum absolute atomic E-state index is 0.196. The summed E-state index contributed by atoms with van der Waals surface area (Å²) in [6.45, 7) is 2.03. The van der Waals surface area contributed by atoms with Crippen LogP contribution in [0, 0.1) is 24.7 Å². The van der Waals surface area contributed by atoms with Gasteiger partial charge in [0.25, 0.3) is 0 Å². The van der Waals surface area contributed by atoms with Gasteiger partial charge in [0.05, 0.1) is 0 Å². The molecule has 2 fully saturated rings. The number of benzene rings is 1. The molecule has 0 saturated heterocycles. The SMILES string of the molecule is Cc1ccccc1NC(=O)C[C@H]1C[C@@H]2CC[C@@H]1C2. The van der Waals surface area contributed by atoms with Crippen LogP contribution in [0.3, 0.4) is 0 Å². The molecule has 0 aliphatic heterocycles. The Morgan fingerprint density at radius 2 is 2.11 bits per heavy atom. The molecule has 1 N–H and O–H groups in total. The molecule has 3 atom stereocenters. The summed E-state index contributed by atoms with van der Waals surface area (Å²) in [5.74, 6) is 2.60. The molecule has 0 aromatic heterocycles. The minimum Gasteiger partial charge on any atom is -0.326 e. The summed E-state index contributed by atoms with van der Waals surface area (Å²) in [5.41, 5.74) is 2.10. The molecule has 0 spiro atoms. The lowest BCUT2D eigenvalue weighted by Crippen LogP contribution is -2.20. The molecule has 2 aliphatic carbocycles. The number of nitrogens with one attached hydrogen (secondary N) is 1. The number of amides is 1. The Bertz CT molecular complexity index is 454.